The molecule has 4 rings (SSSR count). The molecule has 2 aromatic rings. The van der Waals surface area contributed by atoms with Crippen LogP contribution < -0.4 is 5.32 Å². The SMILES string of the molecule is CC1(C)[C@@H](NC(=O)OCC2c3ccccc3-c3ccccc32)C[C@H]1C(=O)O. The summed E-state index contributed by atoms with van der Waals surface area (Å²) in [6.07, 6.45) is -0.0502. The van der Waals surface area contributed by atoms with E-state index in [2.05, 4.69) is 29.6 Å². The van der Waals surface area contributed by atoms with Crippen LogP contribution in [0, 0.1) is 11.3 Å². The summed E-state index contributed by atoms with van der Waals surface area (Å²) in [4.78, 5) is 23.5. The average Bonchev–Trinajstić information content (AvgIpc) is 2.97. The van der Waals surface area contributed by atoms with E-state index < -0.39 is 23.4 Å². The summed E-state index contributed by atoms with van der Waals surface area (Å²) < 4.78 is 5.54. The molecule has 0 bridgehead atoms. The topological polar surface area (TPSA) is 75.6 Å². The molecule has 1 amide bonds. The van der Waals surface area contributed by atoms with Crippen LogP contribution in [0.1, 0.15) is 37.3 Å². The van der Waals surface area contributed by atoms with Crippen molar-refractivity contribution in [1.82, 2.24) is 5.32 Å². The van der Waals surface area contributed by atoms with Crippen molar-refractivity contribution < 1.29 is 19.4 Å². The summed E-state index contributed by atoms with van der Waals surface area (Å²) >= 11 is 0. The van der Waals surface area contributed by atoms with Crippen LogP contribution in [0.2, 0.25) is 0 Å². The molecule has 1 saturated carbocycles. The standard InChI is InChI=1S/C22H23NO4/c1-22(2)18(20(24)25)11-19(22)23-21(26)27-12-17-15-9-5-3-7-13(15)14-8-4-6-10-16(14)17/h3-10,17-19H,11-12H2,1-2H3,(H,23,26)(H,24,25)/t18-,19-/m0/s1. The molecule has 2 aromatic carbocycles. The van der Waals surface area contributed by atoms with Gasteiger partial charge in [-0.05, 0) is 34.1 Å². The van der Waals surface area contributed by atoms with E-state index in [0.29, 0.717) is 6.42 Å². The van der Waals surface area contributed by atoms with Crippen LogP contribution in [-0.2, 0) is 9.53 Å². The summed E-state index contributed by atoms with van der Waals surface area (Å²) in [5.74, 6) is -1.23. The van der Waals surface area contributed by atoms with Crippen molar-refractivity contribution in [2.75, 3.05) is 6.61 Å². The maximum absolute atomic E-state index is 12.3. The van der Waals surface area contributed by atoms with Gasteiger partial charge in [-0.25, -0.2) is 4.79 Å². The van der Waals surface area contributed by atoms with Crippen molar-refractivity contribution in [3.8, 4) is 11.1 Å². The Bertz CT molecular complexity index is 859. The number of hydrogen-bond donors (Lipinski definition) is 2. The highest BCUT2D eigenvalue weighted by Crippen LogP contribution is 2.47. The fourth-order valence-electron chi connectivity index (χ4n) is 4.37. The van der Waals surface area contributed by atoms with Gasteiger partial charge < -0.3 is 15.2 Å². The second-order valence-corrected chi connectivity index (χ2v) is 7.97. The van der Waals surface area contributed by atoms with Gasteiger partial charge in [0, 0.05) is 12.0 Å². The molecule has 5 heteroatoms. The number of ether oxygens (including phenoxy) is 1. The van der Waals surface area contributed by atoms with Gasteiger partial charge in [0.15, 0.2) is 0 Å². The van der Waals surface area contributed by atoms with Gasteiger partial charge >= 0.3 is 12.1 Å². The number of benzene rings is 2. The van der Waals surface area contributed by atoms with E-state index in [-0.39, 0.29) is 18.6 Å². The van der Waals surface area contributed by atoms with E-state index in [1.165, 1.54) is 22.3 Å². The van der Waals surface area contributed by atoms with Gasteiger partial charge in [-0.2, -0.15) is 0 Å². The van der Waals surface area contributed by atoms with E-state index in [9.17, 15) is 14.7 Å². The number of carbonyl (C=O) groups is 2. The van der Waals surface area contributed by atoms with E-state index >= 15 is 0 Å². The Kier molecular flexibility index (Phi) is 4.17. The van der Waals surface area contributed by atoms with Crippen LogP contribution in [0.4, 0.5) is 4.79 Å². The summed E-state index contributed by atoms with van der Waals surface area (Å²) in [5, 5.41) is 12.0. The Morgan fingerprint density at radius 3 is 2.15 bits per heavy atom. The second-order valence-electron chi connectivity index (χ2n) is 7.97. The monoisotopic (exact) mass is 365 g/mol. The zero-order valence-electron chi connectivity index (χ0n) is 15.4. The minimum atomic E-state index is -0.814. The number of hydrogen-bond acceptors (Lipinski definition) is 3. The fraction of sp³-hybridized carbons (Fsp3) is 0.364. The average molecular weight is 365 g/mol. The van der Waals surface area contributed by atoms with Gasteiger partial charge in [0.05, 0.1) is 5.92 Å². The van der Waals surface area contributed by atoms with Gasteiger partial charge in [0.25, 0.3) is 0 Å². The summed E-state index contributed by atoms with van der Waals surface area (Å²) in [6.45, 7) is 3.99. The molecule has 0 spiro atoms. The van der Waals surface area contributed by atoms with Crippen molar-refractivity contribution in [1.29, 1.82) is 0 Å². The number of amides is 1. The Morgan fingerprint density at radius 2 is 1.63 bits per heavy atom. The Morgan fingerprint density at radius 1 is 1.07 bits per heavy atom. The van der Waals surface area contributed by atoms with Crippen molar-refractivity contribution in [2.24, 2.45) is 11.3 Å². The van der Waals surface area contributed by atoms with E-state index in [0.717, 1.165) is 0 Å². The fourth-order valence-corrected chi connectivity index (χ4v) is 4.37. The molecule has 5 nitrogen and oxygen atoms in total. The molecule has 27 heavy (non-hydrogen) atoms. The zero-order chi connectivity index (χ0) is 19.2. The van der Waals surface area contributed by atoms with E-state index in [1.807, 2.05) is 38.1 Å². The van der Waals surface area contributed by atoms with Crippen molar-refractivity contribution >= 4 is 12.1 Å². The third kappa shape index (κ3) is 2.87. The van der Waals surface area contributed by atoms with Gasteiger partial charge in [-0.3, -0.25) is 4.79 Å². The third-order valence-electron chi connectivity index (χ3n) is 6.20. The Balaban J connectivity index is 1.42. The van der Waals surface area contributed by atoms with Crippen LogP contribution in [0.3, 0.4) is 0 Å². The maximum Gasteiger partial charge on any atom is 0.407 e. The van der Waals surface area contributed by atoms with Crippen LogP contribution >= 0.6 is 0 Å². The highest BCUT2D eigenvalue weighted by Gasteiger charge is 2.52. The summed E-state index contributed by atoms with van der Waals surface area (Å²) in [6, 6.07) is 16.2. The highest BCUT2D eigenvalue weighted by atomic mass is 16.5. The summed E-state index contributed by atoms with van der Waals surface area (Å²) in [5.41, 5.74) is 4.23. The number of carboxylic acid groups (broad SMARTS) is 1. The lowest BCUT2D eigenvalue weighted by atomic mass is 9.58. The molecule has 2 atom stereocenters. The van der Waals surface area contributed by atoms with Crippen LogP contribution in [0.15, 0.2) is 48.5 Å². The predicted molar refractivity (Wildman–Crippen MR) is 102 cm³/mol. The maximum atomic E-state index is 12.3. The number of alkyl carbamates (subject to hydrolysis) is 1. The van der Waals surface area contributed by atoms with Gasteiger partial charge in [0.2, 0.25) is 0 Å². The quantitative estimate of drug-likeness (QED) is 0.858. The van der Waals surface area contributed by atoms with Crippen LogP contribution in [0.25, 0.3) is 11.1 Å². The molecule has 0 aliphatic heterocycles. The molecule has 0 unspecified atom stereocenters. The minimum Gasteiger partial charge on any atom is -0.481 e. The number of nitrogens with one attached hydrogen (secondary N) is 1. The molecule has 140 valence electrons. The molecule has 0 radical (unpaired) electrons. The Hall–Kier alpha value is -2.82. The molecule has 2 aliphatic carbocycles. The molecule has 0 aromatic heterocycles. The third-order valence-corrected chi connectivity index (χ3v) is 6.20. The first kappa shape index (κ1) is 17.6. The number of aliphatic carboxylic acids is 1. The molecular weight excluding hydrogens is 342 g/mol. The number of carboxylic acids is 1. The van der Waals surface area contributed by atoms with Gasteiger partial charge in [0.1, 0.15) is 6.61 Å². The highest BCUT2D eigenvalue weighted by molar-refractivity contribution is 5.79. The molecule has 0 heterocycles. The van der Waals surface area contributed by atoms with Crippen molar-refractivity contribution in [3.63, 3.8) is 0 Å². The smallest absolute Gasteiger partial charge is 0.407 e. The number of fused-ring (bicyclic) bond motifs is 3. The second kappa shape index (κ2) is 6.41. The molecule has 0 saturated heterocycles. The largest absolute Gasteiger partial charge is 0.481 e. The van der Waals surface area contributed by atoms with E-state index in [1.54, 1.807) is 0 Å². The Labute approximate surface area is 158 Å². The van der Waals surface area contributed by atoms with E-state index in [4.69, 9.17) is 4.74 Å². The minimum absolute atomic E-state index is 0.0179. The van der Waals surface area contributed by atoms with Gasteiger partial charge in [-0.15, -0.1) is 0 Å². The molecule has 2 N–H and O–H groups in total. The first-order chi connectivity index (χ1) is 12.9. The van der Waals surface area contributed by atoms with Crippen LogP contribution in [0.5, 0.6) is 0 Å². The number of rotatable bonds is 4. The van der Waals surface area contributed by atoms with Crippen molar-refractivity contribution in [2.45, 2.75) is 32.2 Å². The molecular formula is C22H23NO4. The predicted octanol–water partition coefficient (Wildman–Crippen LogP) is 4.02. The van der Waals surface area contributed by atoms with Crippen molar-refractivity contribution in [3.05, 3.63) is 59.7 Å². The van der Waals surface area contributed by atoms with Gasteiger partial charge in [-0.1, -0.05) is 62.4 Å². The lowest BCUT2D eigenvalue weighted by molar-refractivity contribution is -0.155. The first-order valence-corrected chi connectivity index (χ1v) is 9.24. The lowest BCUT2D eigenvalue weighted by Crippen LogP contribution is -2.60. The normalized spacial score (nSPS) is 22.3. The lowest BCUT2D eigenvalue weighted by Gasteiger charge is -2.49. The number of carbonyl (C=O) groups excluding carboxylic acids is 1. The molecule has 2 aliphatic rings. The molecule has 1 fully saturated rings. The summed E-state index contributed by atoms with van der Waals surface area (Å²) in [7, 11) is 0. The first-order valence-electron chi connectivity index (χ1n) is 9.24. The van der Waals surface area contributed by atoms with Crippen LogP contribution in [-0.4, -0.2) is 29.8 Å². The zero-order valence-corrected chi connectivity index (χ0v) is 15.4.